The molecule has 0 atom stereocenters. The molecule has 0 saturated carbocycles. The number of hydrogen-bond acceptors (Lipinski definition) is 0. The fourth-order valence-corrected chi connectivity index (χ4v) is 1.78. The lowest BCUT2D eigenvalue weighted by molar-refractivity contribution is 0.930. The Balaban J connectivity index is 0. The van der Waals surface area contributed by atoms with E-state index in [1.807, 2.05) is 34.6 Å². The number of fused-ring (bicyclic) bond motifs is 1. The maximum absolute atomic E-state index is 3.36. The molecule has 0 N–H and O–H groups in total. The van der Waals surface area contributed by atoms with Crippen molar-refractivity contribution >= 4 is 10.8 Å². The molecule has 2 aromatic rings. The van der Waals surface area contributed by atoms with E-state index in [0.29, 0.717) is 0 Å². The van der Waals surface area contributed by atoms with E-state index in [9.17, 15) is 0 Å². The van der Waals surface area contributed by atoms with Crippen LogP contribution in [-0.2, 0) is 6.42 Å². The number of benzene rings is 2. The first-order chi connectivity index (χ1) is 9.83. The third-order valence-corrected chi connectivity index (χ3v) is 2.40. The summed E-state index contributed by atoms with van der Waals surface area (Å²) >= 11 is 0. The Morgan fingerprint density at radius 3 is 1.95 bits per heavy atom. The van der Waals surface area contributed by atoms with E-state index in [2.05, 4.69) is 56.0 Å². The first-order valence-corrected chi connectivity index (χ1v) is 7.87. The molecule has 2 aromatic carbocycles. The molecule has 0 heteroatoms. The number of rotatable bonds is 2. The van der Waals surface area contributed by atoms with Gasteiger partial charge in [-0.2, -0.15) is 0 Å². The highest BCUT2D eigenvalue weighted by Crippen LogP contribution is 2.19. The van der Waals surface area contributed by atoms with Gasteiger partial charge in [-0.25, -0.2) is 0 Å². The average molecular weight is 272 g/mol. The highest BCUT2D eigenvalue weighted by molar-refractivity contribution is 5.85. The van der Waals surface area contributed by atoms with Gasteiger partial charge in [0, 0.05) is 0 Å². The SMILES string of the molecule is C=CC.CC.CC.CCCc1cccc2ccccc12. The predicted molar refractivity (Wildman–Crippen MR) is 96.5 cm³/mol. The summed E-state index contributed by atoms with van der Waals surface area (Å²) in [4.78, 5) is 0. The van der Waals surface area contributed by atoms with Crippen LogP contribution in [0.5, 0.6) is 0 Å². The fraction of sp³-hybridized carbons (Fsp3) is 0.400. The Labute approximate surface area is 126 Å². The maximum Gasteiger partial charge on any atom is -0.0152 e. The Kier molecular flexibility index (Phi) is 16.1. The summed E-state index contributed by atoms with van der Waals surface area (Å²) in [6, 6.07) is 15.1. The van der Waals surface area contributed by atoms with Crippen molar-refractivity contribution in [3.8, 4) is 0 Å². The van der Waals surface area contributed by atoms with E-state index in [1.54, 1.807) is 6.08 Å². The summed E-state index contributed by atoms with van der Waals surface area (Å²) < 4.78 is 0. The van der Waals surface area contributed by atoms with Crippen LogP contribution < -0.4 is 0 Å². The van der Waals surface area contributed by atoms with E-state index in [1.165, 1.54) is 29.2 Å². The minimum atomic E-state index is 1.18. The van der Waals surface area contributed by atoms with Gasteiger partial charge in [0.05, 0.1) is 0 Å². The van der Waals surface area contributed by atoms with Crippen LogP contribution >= 0.6 is 0 Å². The van der Waals surface area contributed by atoms with Crippen molar-refractivity contribution in [1.29, 1.82) is 0 Å². The van der Waals surface area contributed by atoms with E-state index in [0.717, 1.165) is 0 Å². The number of aryl methyl sites for hydroxylation is 1. The summed E-state index contributed by atoms with van der Waals surface area (Å²) in [6.07, 6.45) is 4.15. The van der Waals surface area contributed by atoms with Crippen LogP contribution in [-0.4, -0.2) is 0 Å². The minimum Gasteiger partial charge on any atom is -0.103 e. The largest absolute Gasteiger partial charge is 0.103 e. The summed E-state index contributed by atoms with van der Waals surface area (Å²) in [5, 5.41) is 2.76. The molecule has 0 spiro atoms. The van der Waals surface area contributed by atoms with Crippen LogP contribution in [0.2, 0.25) is 0 Å². The molecule has 0 bridgehead atoms. The zero-order valence-corrected chi connectivity index (χ0v) is 14.2. The average Bonchev–Trinajstić information content (AvgIpc) is 2.53. The summed E-state index contributed by atoms with van der Waals surface area (Å²) in [6.45, 7) is 15.5. The summed E-state index contributed by atoms with van der Waals surface area (Å²) in [5.74, 6) is 0. The van der Waals surface area contributed by atoms with Gasteiger partial charge in [-0.3, -0.25) is 0 Å². The standard InChI is InChI=1S/C13H14.C3H6.2C2H6/c1-2-6-11-8-5-9-12-7-3-4-10-13(11)12;1-3-2;2*1-2/h3-5,7-10H,2,6H2,1H3;3H,1H2,2H3;2*1-2H3. The van der Waals surface area contributed by atoms with Gasteiger partial charge in [0.15, 0.2) is 0 Å². The topological polar surface area (TPSA) is 0 Å². The molecule has 0 amide bonds. The second-order valence-corrected chi connectivity index (χ2v) is 3.80. The second-order valence-electron chi connectivity index (χ2n) is 3.80. The van der Waals surface area contributed by atoms with Gasteiger partial charge in [-0.05, 0) is 29.7 Å². The molecule has 0 nitrogen and oxygen atoms in total. The molecular weight excluding hydrogens is 240 g/mol. The molecule has 20 heavy (non-hydrogen) atoms. The van der Waals surface area contributed by atoms with Gasteiger partial charge >= 0.3 is 0 Å². The first kappa shape index (κ1) is 20.8. The van der Waals surface area contributed by atoms with Crippen LogP contribution in [0.15, 0.2) is 55.1 Å². The lowest BCUT2D eigenvalue weighted by atomic mass is 10.0. The third-order valence-electron chi connectivity index (χ3n) is 2.40. The molecule has 0 unspecified atom stereocenters. The molecule has 0 aliphatic heterocycles. The van der Waals surface area contributed by atoms with Crippen LogP contribution in [0.1, 0.15) is 53.5 Å². The first-order valence-electron chi connectivity index (χ1n) is 7.87. The van der Waals surface area contributed by atoms with E-state index in [-0.39, 0.29) is 0 Å². The Hall–Kier alpha value is -1.56. The van der Waals surface area contributed by atoms with Gasteiger partial charge < -0.3 is 0 Å². The zero-order valence-electron chi connectivity index (χ0n) is 14.2. The molecule has 0 aliphatic rings. The van der Waals surface area contributed by atoms with Gasteiger partial charge in [-0.1, -0.05) is 89.6 Å². The van der Waals surface area contributed by atoms with Crippen molar-refractivity contribution in [1.82, 2.24) is 0 Å². The molecule has 0 fully saturated rings. The van der Waals surface area contributed by atoms with Crippen molar-refractivity contribution in [3.05, 3.63) is 60.7 Å². The number of hydrogen-bond donors (Lipinski definition) is 0. The van der Waals surface area contributed by atoms with E-state index in [4.69, 9.17) is 0 Å². The smallest absolute Gasteiger partial charge is 0.0152 e. The van der Waals surface area contributed by atoms with E-state index < -0.39 is 0 Å². The maximum atomic E-state index is 3.36. The molecule has 0 radical (unpaired) electrons. The molecule has 0 aromatic heterocycles. The molecule has 0 saturated heterocycles. The molecule has 2 rings (SSSR count). The van der Waals surface area contributed by atoms with Gasteiger partial charge in [0.1, 0.15) is 0 Å². The lowest BCUT2D eigenvalue weighted by Gasteiger charge is -2.03. The minimum absolute atomic E-state index is 1.18. The van der Waals surface area contributed by atoms with E-state index >= 15 is 0 Å². The van der Waals surface area contributed by atoms with Crippen LogP contribution in [0.25, 0.3) is 10.8 Å². The fourth-order valence-electron chi connectivity index (χ4n) is 1.78. The Morgan fingerprint density at radius 1 is 0.900 bits per heavy atom. The van der Waals surface area contributed by atoms with Crippen molar-refractivity contribution in [2.45, 2.75) is 54.4 Å². The van der Waals surface area contributed by atoms with Crippen LogP contribution in [0, 0.1) is 0 Å². The number of allylic oxidation sites excluding steroid dienone is 1. The lowest BCUT2D eigenvalue weighted by Crippen LogP contribution is -1.84. The van der Waals surface area contributed by atoms with Gasteiger partial charge in [0.25, 0.3) is 0 Å². The molecule has 0 heterocycles. The highest BCUT2D eigenvalue weighted by Gasteiger charge is 1.97. The predicted octanol–water partition coefficient (Wildman–Crippen LogP) is 7.04. The van der Waals surface area contributed by atoms with Crippen molar-refractivity contribution in [2.24, 2.45) is 0 Å². The molecule has 0 aliphatic carbocycles. The summed E-state index contributed by atoms with van der Waals surface area (Å²) in [5.41, 5.74) is 1.47. The van der Waals surface area contributed by atoms with Crippen LogP contribution in [0.3, 0.4) is 0 Å². The molecule has 112 valence electrons. The summed E-state index contributed by atoms with van der Waals surface area (Å²) in [7, 11) is 0. The van der Waals surface area contributed by atoms with Gasteiger partial charge in [-0.15, -0.1) is 6.58 Å². The zero-order chi connectivity index (χ0) is 15.8. The Bertz CT molecular complexity index is 435. The normalized spacial score (nSPS) is 8.10. The third kappa shape index (κ3) is 7.78. The van der Waals surface area contributed by atoms with Crippen molar-refractivity contribution in [2.75, 3.05) is 0 Å². The second kappa shape index (κ2) is 15.5. The molecular formula is C20H32. The van der Waals surface area contributed by atoms with Crippen LogP contribution in [0.4, 0.5) is 0 Å². The van der Waals surface area contributed by atoms with Crippen molar-refractivity contribution in [3.63, 3.8) is 0 Å². The quantitative estimate of drug-likeness (QED) is 0.514. The van der Waals surface area contributed by atoms with Gasteiger partial charge in [0.2, 0.25) is 0 Å². The monoisotopic (exact) mass is 272 g/mol. The highest BCUT2D eigenvalue weighted by atomic mass is 14.0. The van der Waals surface area contributed by atoms with Crippen molar-refractivity contribution < 1.29 is 0 Å². The Morgan fingerprint density at radius 2 is 1.40 bits per heavy atom.